The molecule has 0 aliphatic rings. The molecule has 0 bridgehead atoms. The Morgan fingerprint density at radius 2 is 2.55 bits per heavy atom. The Hall–Kier alpha value is -1.10. The maximum Gasteiger partial charge on any atom is 0.390 e. The summed E-state index contributed by atoms with van der Waals surface area (Å²) in [6.45, 7) is 1.71. The van der Waals surface area contributed by atoms with Crippen LogP contribution in [0.5, 0.6) is 0 Å². The minimum atomic E-state index is -0.546. The Balaban J connectivity index is 3.05. The van der Waals surface area contributed by atoms with Crippen molar-refractivity contribution in [3.8, 4) is 0 Å². The van der Waals surface area contributed by atoms with Gasteiger partial charge in [-0.05, 0) is 11.8 Å². The Morgan fingerprint density at radius 3 is 2.82 bits per heavy atom. The molecule has 1 heterocycles. The molecule has 0 aromatic carbocycles. The standard InChI is InChI=1S/C5H6ClN3O2/c1-4-2-5(9(10)11)7-8(4)3-6/h2H,3H2,1H3. The normalized spacial score (nSPS) is 10.0. The number of hydrogen-bond acceptors (Lipinski definition) is 3. The largest absolute Gasteiger partial charge is 0.390 e. The predicted octanol–water partition coefficient (Wildman–Crippen LogP) is 1.30. The molecule has 0 saturated carbocycles. The Labute approximate surface area is 67.7 Å². The van der Waals surface area contributed by atoms with E-state index in [0.29, 0.717) is 5.69 Å². The zero-order valence-electron chi connectivity index (χ0n) is 5.82. The van der Waals surface area contributed by atoms with E-state index in [4.69, 9.17) is 11.6 Å². The van der Waals surface area contributed by atoms with E-state index in [1.165, 1.54) is 10.7 Å². The van der Waals surface area contributed by atoms with Gasteiger partial charge >= 0.3 is 5.82 Å². The van der Waals surface area contributed by atoms with Gasteiger partial charge in [-0.25, -0.2) is 0 Å². The fraction of sp³-hybridized carbons (Fsp3) is 0.400. The van der Waals surface area contributed by atoms with Gasteiger partial charge < -0.3 is 10.1 Å². The van der Waals surface area contributed by atoms with E-state index in [9.17, 15) is 10.1 Å². The monoisotopic (exact) mass is 175 g/mol. The number of hydrogen-bond donors (Lipinski definition) is 0. The van der Waals surface area contributed by atoms with Gasteiger partial charge in [-0.3, -0.25) is 0 Å². The second kappa shape index (κ2) is 2.87. The Kier molecular flexibility index (Phi) is 2.09. The number of rotatable bonds is 2. The topological polar surface area (TPSA) is 61.0 Å². The van der Waals surface area contributed by atoms with Crippen LogP contribution in [0, 0.1) is 17.0 Å². The number of aromatic nitrogens is 2. The minimum absolute atomic E-state index is 0.139. The van der Waals surface area contributed by atoms with Gasteiger partial charge in [0.2, 0.25) is 0 Å². The van der Waals surface area contributed by atoms with Crippen molar-refractivity contribution in [3.05, 3.63) is 21.9 Å². The van der Waals surface area contributed by atoms with Crippen LogP contribution in [-0.4, -0.2) is 14.7 Å². The zero-order chi connectivity index (χ0) is 8.43. The van der Waals surface area contributed by atoms with Crippen molar-refractivity contribution in [2.45, 2.75) is 12.9 Å². The molecule has 0 aliphatic carbocycles. The molecule has 5 nitrogen and oxygen atoms in total. The molecule has 0 N–H and O–H groups in total. The van der Waals surface area contributed by atoms with Gasteiger partial charge in [-0.2, -0.15) is 4.68 Å². The molecule has 0 atom stereocenters. The Morgan fingerprint density at radius 1 is 1.91 bits per heavy atom. The third-order valence-corrected chi connectivity index (χ3v) is 1.49. The van der Waals surface area contributed by atoms with Crippen molar-refractivity contribution in [2.75, 3.05) is 0 Å². The zero-order valence-corrected chi connectivity index (χ0v) is 6.58. The summed E-state index contributed by atoms with van der Waals surface area (Å²) in [6, 6.07) is 1.52. The average molecular weight is 176 g/mol. The third-order valence-electron chi connectivity index (χ3n) is 1.27. The van der Waals surface area contributed by atoms with Gasteiger partial charge in [-0.1, -0.05) is 11.6 Å². The molecule has 1 rings (SSSR count). The van der Waals surface area contributed by atoms with Crippen molar-refractivity contribution in [1.82, 2.24) is 9.78 Å². The molecule has 0 aliphatic heterocycles. The average Bonchev–Trinajstić information content (AvgIpc) is 2.31. The maximum atomic E-state index is 10.2. The Bertz CT molecular complexity index is 283. The number of halogens is 1. The van der Waals surface area contributed by atoms with E-state index in [1.807, 2.05) is 0 Å². The molecule has 0 unspecified atom stereocenters. The molecule has 0 fully saturated rings. The van der Waals surface area contributed by atoms with E-state index in [-0.39, 0.29) is 11.8 Å². The predicted molar refractivity (Wildman–Crippen MR) is 39.5 cm³/mol. The van der Waals surface area contributed by atoms with E-state index < -0.39 is 4.92 Å². The molecule has 60 valence electrons. The highest BCUT2D eigenvalue weighted by molar-refractivity contribution is 6.15. The van der Waals surface area contributed by atoms with Crippen LogP contribution in [0.4, 0.5) is 5.82 Å². The smallest absolute Gasteiger partial charge is 0.358 e. The first-order chi connectivity index (χ1) is 5.15. The van der Waals surface area contributed by atoms with Crippen LogP contribution in [0.3, 0.4) is 0 Å². The molecule has 0 saturated heterocycles. The fourth-order valence-corrected chi connectivity index (χ4v) is 0.945. The molecule has 0 spiro atoms. The summed E-state index contributed by atoms with van der Waals surface area (Å²) in [6.07, 6.45) is 0. The SMILES string of the molecule is Cc1cc([N+](=O)[O-])nn1CCl. The summed E-state index contributed by atoms with van der Waals surface area (Å²) >= 11 is 5.43. The third kappa shape index (κ3) is 1.48. The second-order valence-electron chi connectivity index (χ2n) is 2.02. The van der Waals surface area contributed by atoms with Crippen LogP contribution >= 0.6 is 11.6 Å². The summed E-state index contributed by atoms with van der Waals surface area (Å²) in [5.41, 5.74) is 0.687. The maximum absolute atomic E-state index is 10.2. The second-order valence-corrected chi connectivity index (χ2v) is 2.26. The molecular weight excluding hydrogens is 170 g/mol. The first kappa shape index (κ1) is 8.00. The molecule has 1 aromatic rings. The highest BCUT2D eigenvalue weighted by Gasteiger charge is 2.13. The number of nitrogens with zero attached hydrogens (tertiary/aromatic N) is 3. The molecule has 1 aromatic heterocycles. The van der Waals surface area contributed by atoms with Crippen LogP contribution in [0.1, 0.15) is 5.69 Å². The van der Waals surface area contributed by atoms with Crippen molar-refractivity contribution in [3.63, 3.8) is 0 Å². The highest BCUT2D eigenvalue weighted by Crippen LogP contribution is 2.10. The fourth-order valence-electron chi connectivity index (χ4n) is 0.703. The van der Waals surface area contributed by atoms with Gasteiger partial charge in [0.1, 0.15) is 6.00 Å². The van der Waals surface area contributed by atoms with Crippen molar-refractivity contribution < 1.29 is 4.92 Å². The first-order valence-electron chi connectivity index (χ1n) is 2.90. The lowest BCUT2D eigenvalue weighted by Gasteiger charge is -1.86. The summed E-state index contributed by atoms with van der Waals surface area (Å²) < 4.78 is 1.36. The first-order valence-corrected chi connectivity index (χ1v) is 3.43. The summed E-state index contributed by atoms with van der Waals surface area (Å²) in [5.74, 6) is -0.164. The lowest BCUT2D eigenvalue weighted by atomic mass is 10.5. The van der Waals surface area contributed by atoms with Gasteiger partial charge in [0.25, 0.3) is 0 Å². The van der Waals surface area contributed by atoms with Crippen LogP contribution in [0.25, 0.3) is 0 Å². The van der Waals surface area contributed by atoms with Crippen molar-refractivity contribution in [2.24, 2.45) is 0 Å². The van der Waals surface area contributed by atoms with Crippen LogP contribution in [0.15, 0.2) is 6.07 Å². The minimum Gasteiger partial charge on any atom is -0.358 e. The summed E-state index contributed by atoms with van der Waals surface area (Å²) in [7, 11) is 0. The van der Waals surface area contributed by atoms with Crippen molar-refractivity contribution in [1.29, 1.82) is 0 Å². The summed E-state index contributed by atoms with van der Waals surface area (Å²) in [5, 5.41) is 13.8. The van der Waals surface area contributed by atoms with Crippen molar-refractivity contribution >= 4 is 17.4 Å². The van der Waals surface area contributed by atoms with Crippen LogP contribution < -0.4 is 0 Å². The summed E-state index contributed by atoms with van der Waals surface area (Å²) in [4.78, 5) is 9.62. The molecular formula is C5H6ClN3O2. The molecule has 6 heteroatoms. The van der Waals surface area contributed by atoms with Gasteiger partial charge in [-0.15, -0.1) is 0 Å². The van der Waals surface area contributed by atoms with E-state index in [2.05, 4.69) is 5.10 Å². The quantitative estimate of drug-likeness (QED) is 0.387. The highest BCUT2D eigenvalue weighted by atomic mass is 35.5. The number of nitro groups is 1. The van der Waals surface area contributed by atoms with Gasteiger partial charge in [0, 0.05) is 0 Å². The molecule has 0 radical (unpaired) electrons. The van der Waals surface area contributed by atoms with Crippen LogP contribution in [-0.2, 0) is 6.00 Å². The number of alkyl halides is 1. The van der Waals surface area contributed by atoms with E-state index in [0.717, 1.165) is 0 Å². The molecule has 11 heavy (non-hydrogen) atoms. The van der Waals surface area contributed by atoms with Crippen LogP contribution in [0.2, 0.25) is 0 Å². The van der Waals surface area contributed by atoms with E-state index in [1.54, 1.807) is 6.92 Å². The van der Waals surface area contributed by atoms with Gasteiger partial charge in [0.05, 0.1) is 16.9 Å². The molecule has 0 amide bonds. The van der Waals surface area contributed by atoms with Gasteiger partial charge in [0.15, 0.2) is 0 Å². The lowest BCUT2D eigenvalue weighted by molar-refractivity contribution is -0.389. The number of aryl methyl sites for hydroxylation is 1. The van der Waals surface area contributed by atoms with E-state index >= 15 is 0 Å². The lowest BCUT2D eigenvalue weighted by Crippen LogP contribution is -1.97.